The highest BCUT2D eigenvalue weighted by molar-refractivity contribution is 7.15. The van der Waals surface area contributed by atoms with Crippen molar-refractivity contribution in [2.24, 2.45) is 0 Å². The van der Waals surface area contributed by atoms with E-state index >= 15 is 0 Å². The van der Waals surface area contributed by atoms with Crippen molar-refractivity contribution in [3.05, 3.63) is 101 Å². The maximum absolute atomic E-state index is 13.3. The van der Waals surface area contributed by atoms with Crippen LogP contribution in [0.3, 0.4) is 0 Å². The van der Waals surface area contributed by atoms with Gasteiger partial charge in [0.05, 0.1) is 16.8 Å². The third kappa shape index (κ3) is 4.85. The molecule has 6 aromatic rings. The molecular formula is C30H26N8O2S. The number of carbonyl (C=O) groups excluding carboxylic acids is 2. The Labute approximate surface area is 238 Å². The second kappa shape index (κ2) is 10.3. The minimum atomic E-state index is -0.395. The van der Waals surface area contributed by atoms with E-state index < -0.39 is 5.91 Å². The van der Waals surface area contributed by atoms with Crippen molar-refractivity contribution in [1.29, 1.82) is 0 Å². The normalized spacial score (nSPS) is 14.2. The summed E-state index contributed by atoms with van der Waals surface area (Å²) < 4.78 is 0. The fraction of sp³-hybridized carbons (Fsp3) is 0.167. The number of thiazole rings is 1. The Balaban J connectivity index is 1.07. The molecule has 11 heteroatoms. The van der Waals surface area contributed by atoms with E-state index in [1.54, 1.807) is 24.4 Å². The van der Waals surface area contributed by atoms with E-state index in [0.29, 0.717) is 21.7 Å². The van der Waals surface area contributed by atoms with Gasteiger partial charge in [0, 0.05) is 53.9 Å². The summed E-state index contributed by atoms with van der Waals surface area (Å²) in [6.07, 6.45) is 4.44. The number of rotatable bonds is 6. The lowest BCUT2D eigenvalue weighted by Gasteiger charge is -2.31. The number of hydrogen-bond donors (Lipinski definition) is 4. The van der Waals surface area contributed by atoms with Crippen LogP contribution in [-0.4, -0.2) is 48.2 Å². The Kier molecular flexibility index (Phi) is 6.29. The number of pyridine rings is 1. The van der Waals surface area contributed by atoms with Gasteiger partial charge in [0.2, 0.25) is 5.95 Å². The average Bonchev–Trinajstić information content (AvgIpc) is 3.75. The van der Waals surface area contributed by atoms with Crippen molar-refractivity contribution in [2.75, 3.05) is 17.2 Å². The number of anilines is 2. The summed E-state index contributed by atoms with van der Waals surface area (Å²) in [6.45, 7) is 3.88. The molecule has 0 spiro atoms. The first-order valence-electron chi connectivity index (χ1n) is 13.3. The number of benzene rings is 2. The van der Waals surface area contributed by atoms with E-state index in [-0.39, 0.29) is 23.6 Å². The van der Waals surface area contributed by atoms with Crippen LogP contribution in [0.1, 0.15) is 50.1 Å². The Morgan fingerprint density at radius 1 is 1.00 bits per heavy atom. The number of imidazole rings is 1. The number of nitrogens with zero attached hydrogens (tertiary/aromatic N) is 4. The molecule has 4 aromatic heterocycles. The third-order valence-corrected chi connectivity index (χ3v) is 8.45. The van der Waals surface area contributed by atoms with Crippen molar-refractivity contribution < 1.29 is 9.59 Å². The number of nitrogens with one attached hydrogen (secondary N) is 4. The number of hydrogen-bond acceptors (Lipinski definition) is 7. The fourth-order valence-corrected chi connectivity index (χ4v) is 6.25. The lowest BCUT2D eigenvalue weighted by atomic mass is 10.1. The molecule has 2 aromatic carbocycles. The maximum Gasteiger partial charge on any atom is 0.276 e. The van der Waals surface area contributed by atoms with Crippen molar-refractivity contribution in [3.8, 4) is 0 Å². The highest BCUT2D eigenvalue weighted by Gasteiger charge is 2.26. The zero-order chi connectivity index (χ0) is 27.9. The molecule has 10 nitrogen and oxygen atoms in total. The summed E-state index contributed by atoms with van der Waals surface area (Å²) in [4.78, 5) is 49.7. The lowest BCUT2D eigenvalue weighted by Crippen LogP contribution is -2.32. The Hall–Kier alpha value is -4.87. The quantitative estimate of drug-likeness (QED) is 0.211. The Morgan fingerprint density at radius 3 is 2.73 bits per heavy atom. The SMILES string of the molecule is CC(c1ccc[nH]1)N1CCc2nc(NC(=O)c3cccc4[nH]c(NC(=O)c5cc6ccccc6cn5)nc34)sc2C1. The molecule has 0 saturated heterocycles. The molecule has 41 heavy (non-hydrogen) atoms. The molecule has 1 aliphatic rings. The number of aromatic amines is 2. The second-order valence-electron chi connectivity index (χ2n) is 10.0. The number of carbonyl (C=O) groups is 2. The average molecular weight is 563 g/mol. The minimum absolute atomic E-state index is 0.237. The van der Waals surface area contributed by atoms with Gasteiger partial charge in [-0.05, 0) is 42.6 Å². The van der Waals surface area contributed by atoms with Crippen molar-refractivity contribution >= 4 is 56.0 Å². The van der Waals surface area contributed by atoms with Gasteiger partial charge >= 0.3 is 0 Å². The molecule has 1 atom stereocenters. The van der Waals surface area contributed by atoms with Gasteiger partial charge in [-0.15, -0.1) is 11.3 Å². The summed E-state index contributed by atoms with van der Waals surface area (Å²) in [5.41, 5.74) is 3.97. The molecular weight excluding hydrogens is 536 g/mol. The maximum atomic E-state index is 13.3. The molecule has 1 unspecified atom stereocenters. The van der Waals surface area contributed by atoms with E-state index in [9.17, 15) is 9.59 Å². The largest absolute Gasteiger partial charge is 0.364 e. The van der Waals surface area contributed by atoms with Crippen molar-refractivity contribution in [3.63, 3.8) is 0 Å². The lowest BCUT2D eigenvalue weighted by molar-refractivity contribution is 0.101. The molecule has 0 fully saturated rings. The number of para-hydroxylation sites is 1. The zero-order valence-corrected chi connectivity index (χ0v) is 23.0. The van der Waals surface area contributed by atoms with E-state index in [2.05, 4.69) is 48.5 Å². The minimum Gasteiger partial charge on any atom is -0.364 e. The molecule has 0 radical (unpaired) electrons. The van der Waals surface area contributed by atoms with Gasteiger partial charge in [0.25, 0.3) is 11.8 Å². The highest BCUT2D eigenvalue weighted by Crippen LogP contribution is 2.32. The van der Waals surface area contributed by atoms with Crippen LogP contribution in [0.4, 0.5) is 11.1 Å². The molecule has 1 aliphatic heterocycles. The standard InChI is InChI=1S/C30H26N8O2S/c1-17(21-10-5-12-31-21)38-13-11-22-25(16-38)41-30(34-22)37-27(39)20-8-4-9-23-26(20)35-29(33-23)36-28(40)24-14-18-6-2-3-7-19(18)15-32-24/h2-10,12,14-15,17,31H,11,13,16H2,1H3,(H,34,37,39)(H2,33,35,36,40). The van der Waals surface area contributed by atoms with Crippen LogP contribution < -0.4 is 10.6 Å². The topological polar surface area (TPSA) is 132 Å². The molecule has 0 saturated carbocycles. The number of H-pyrrole nitrogens is 2. The van der Waals surface area contributed by atoms with Crippen LogP contribution in [0, 0.1) is 0 Å². The molecule has 7 rings (SSSR count). The van der Waals surface area contributed by atoms with Gasteiger partial charge in [-0.25, -0.2) is 9.97 Å². The summed E-state index contributed by atoms with van der Waals surface area (Å²) in [5, 5.41) is 8.17. The van der Waals surface area contributed by atoms with Crippen LogP contribution in [0.2, 0.25) is 0 Å². The van der Waals surface area contributed by atoms with Crippen LogP contribution in [-0.2, 0) is 13.0 Å². The molecule has 204 valence electrons. The Morgan fingerprint density at radius 2 is 1.88 bits per heavy atom. The van der Waals surface area contributed by atoms with E-state index in [1.165, 1.54) is 17.0 Å². The molecule has 0 bridgehead atoms. The smallest absolute Gasteiger partial charge is 0.276 e. The highest BCUT2D eigenvalue weighted by atomic mass is 32.1. The van der Waals surface area contributed by atoms with Gasteiger partial charge < -0.3 is 9.97 Å². The first-order valence-corrected chi connectivity index (χ1v) is 14.2. The molecule has 5 heterocycles. The number of aromatic nitrogens is 5. The summed E-state index contributed by atoms with van der Waals surface area (Å²) in [6, 6.07) is 19.1. The number of amides is 2. The Bertz CT molecular complexity index is 1910. The van der Waals surface area contributed by atoms with Crippen LogP contribution in [0.5, 0.6) is 0 Å². The third-order valence-electron chi connectivity index (χ3n) is 7.45. The zero-order valence-electron chi connectivity index (χ0n) is 22.1. The predicted octanol–water partition coefficient (Wildman–Crippen LogP) is 5.52. The summed E-state index contributed by atoms with van der Waals surface area (Å²) >= 11 is 1.51. The first-order chi connectivity index (χ1) is 20.0. The monoisotopic (exact) mass is 562 g/mol. The molecule has 2 amide bonds. The first kappa shape index (κ1) is 25.1. The van der Waals surface area contributed by atoms with Crippen LogP contribution in [0.25, 0.3) is 21.8 Å². The summed E-state index contributed by atoms with van der Waals surface area (Å²) in [7, 11) is 0. The molecule has 0 aliphatic carbocycles. The van der Waals surface area contributed by atoms with Gasteiger partial charge in [0.15, 0.2) is 5.13 Å². The van der Waals surface area contributed by atoms with Crippen molar-refractivity contribution in [1.82, 2.24) is 29.8 Å². The van der Waals surface area contributed by atoms with Crippen LogP contribution in [0.15, 0.2) is 73.1 Å². The van der Waals surface area contributed by atoms with Gasteiger partial charge in [0.1, 0.15) is 11.2 Å². The van der Waals surface area contributed by atoms with E-state index in [1.807, 2.05) is 42.6 Å². The van der Waals surface area contributed by atoms with Gasteiger partial charge in [-0.2, -0.15) is 0 Å². The van der Waals surface area contributed by atoms with Crippen LogP contribution >= 0.6 is 11.3 Å². The summed E-state index contributed by atoms with van der Waals surface area (Å²) in [5.74, 6) is -0.464. The van der Waals surface area contributed by atoms with E-state index in [0.717, 1.165) is 40.9 Å². The fourth-order valence-electron chi connectivity index (χ4n) is 5.22. The predicted molar refractivity (Wildman–Crippen MR) is 159 cm³/mol. The number of fused-ring (bicyclic) bond motifs is 3. The van der Waals surface area contributed by atoms with Crippen molar-refractivity contribution in [2.45, 2.75) is 25.9 Å². The molecule has 4 N–H and O–H groups in total. The van der Waals surface area contributed by atoms with Gasteiger partial charge in [-0.3, -0.25) is 30.1 Å². The second-order valence-corrected chi connectivity index (χ2v) is 11.1. The van der Waals surface area contributed by atoms with E-state index in [4.69, 9.17) is 4.98 Å². The van der Waals surface area contributed by atoms with Gasteiger partial charge in [-0.1, -0.05) is 30.3 Å².